The third kappa shape index (κ3) is 4.35. The van der Waals surface area contributed by atoms with Crippen molar-refractivity contribution in [2.24, 2.45) is 0 Å². The second kappa shape index (κ2) is 7.06. The Morgan fingerprint density at radius 2 is 2.24 bits per heavy atom. The highest BCUT2D eigenvalue weighted by molar-refractivity contribution is 7.11. The van der Waals surface area contributed by atoms with Crippen molar-refractivity contribution in [3.63, 3.8) is 0 Å². The highest BCUT2D eigenvalue weighted by atomic mass is 32.1. The summed E-state index contributed by atoms with van der Waals surface area (Å²) < 4.78 is 4.89. The number of nitrogens with zero attached hydrogens (tertiary/aromatic N) is 1. The molecule has 98 valence electrons. The number of nitrogens with one attached hydrogen (secondary N) is 1. The fraction of sp³-hybridized carbons (Fsp3) is 0.750. The van der Waals surface area contributed by atoms with Crippen LogP contribution in [0.3, 0.4) is 0 Å². The predicted molar refractivity (Wildman–Crippen MR) is 70.5 cm³/mol. The average molecular weight is 258 g/mol. The number of thiazole rings is 1. The van der Waals surface area contributed by atoms with Crippen molar-refractivity contribution in [3.05, 3.63) is 15.6 Å². The SMILES string of the molecule is CCc1nc(C)c(C(C)NCC(O)COC)s1. The average Bonchev–Trinajstić information content (AvgIpc) is 2.68. The van der Waals surface area contributed by atoms with Crippen molar-refractivity contribution >= 4 is 11.3 Å². The van der Waals surface area contributed by atoms with Gasteiger partial charge in [0, 0.05) is 24.6 Å². The summed E-state index contributed by atoms with van der Waals surface area (Å²) in [5.74, 6) is 0. The lowest BCUT2D eigenvalue weighted by Crippen LogP contribution is -2.31. The number of methoxy groups -OCH3 is 1. The van der Waals surface area contributed by atoms with Gasteiger partial charge in [-0.1, -0.05) is 6.92 Å². The van der Waals surface area contributed by atoms with Crippen LogP contribution in [0.2, 0.25) is 0 Å². The second-order valence-corrected chi connectivity index (χ2v) is 5.27. The van der Waals surface area contributed by atoms with Crippen LogP contribution in [0.1, 0.15) is 35.5 Å². The minimum atomic E-state index is -0.457. The van der Waals surface area contributed by atoms with E-state index in [1.807, 2.05) is 6.92 Å². The molecule has 0 aliphatic carbocycles. The number of ether oxygens (including phenoxy) is 1. The molecular weight excluding hydrogens is 236 g/mol. The van der Waals surface area contributed by atoms with Gasteiger partial charge in [0.25, 0.3) is 0 Å². The van der Waals surface area contributed by atoms with E-state index in [0.717, 1.165) is 12.1 Å². The maximum absolute atomic E-state index is 9.57. The van der Waals surface area contributed by atoms with E-state index in [0.29, 0.717) is 13.2 Å². The molecule has 0 saturated carbocycles. The van der Waals surface area contributed by atoms with E-state index in [9.17, 15) is 5.11 Å². The summed E-state index contributed by atoms with van der Waals surface area (Å²) in [4.78, 5) is 5.76. The first-order valence-corrected chi connectivity index (χ1v) is 6.76. The number of aliphatic hydroxyl groups is 1. The van der Waals surface area contributed by atoms with E-state index in [1.54, 1.807) is 18.4 Å². The molecule has 0 radical (unpaired) electrons. The molecule has 1 heterocycles. The lowest BCUT2D eigenvalue weighted by molar-refractivity contribution is 0.0631. The Balaban J connectivity index is 2.51. The van der Waals surface area contributed by atoms with Crippen LogP contribution in [0.4, 0.5) is 0 Å². The maximum atomic E-state index is 9.57. The largest absolute Gasteiger partial charge is 0.389 e. The standard InChI is InChI=1S/C12H22N2O2S/c1-5-11-14-9(3)12(17-11)8(2)13-6-10(15)7-16-4/h8,10,13,15H,5-7H2,1-4H3. The lowest BCUT2D eigenvalue weighted by Gasteiger charge is -2.16. The molecule has 0 aliphatic heterocycles. The van der Waals surface area contributed by atoms with Crippen molar-refractivity contribution in [3.8, 4) is 0 Å². The summed E-state index contributed by atoms with van der Waals surface area (Å²) in [5, 5.41) is 14.0. The summed E-state index contributed by atoms with van der Waals surface area (Å²) in [6.45, 7) is 7.14. The Bertz CT molecular complexity index is 341. The van der Waals surface area contributed by atoms with E-state index in [1.165, 1.54) is 9.88 Å². The van der Waals surface area contributed by atoms with E-state index in [2.05, 4.69) is 24.1 Å². The van der Waals surface area contributed by atoms with Crippen LogP contribution in [0.15, 0.2) is 0 Å². The normalized spacial score (nSPS) is 14.9. The third-order valence-electron chi connectivity index (χ3n) is 2.59. The summed E-state index contributed by atoms with van der Waals surface area (Å²) in [6, 6.07) is 0.222. The predicted octanol–water partition coefficient (Wildman–Crippen LogP) is 1.67. The Kier molecular flexibility index (Phi) is 6.05. The molecule has 1 rings (SSSR count). The van der Waals surface area contributed by atoms with Crippen molar-refractivity contribution in [2.75, 3.05) is 20.3 Å². The molecule has 0 saturated heterocycles. The highest BCUT2D eigenvalue weighted by Gasteiger charge is 2.14. The van der Waals surface area contributed by atoms with Crippen LogP contribution < -0.4 is 5.32 Å². The zero-order valence-electron chi connectivity index (χ0n) is 11.0. The second-order valence-electron chi connectivity index (χ2n) is 4.15. The Labute approximate surface area is 107 Å². The van der Waals surface area contributed by atoms with Gasteiger partial charge in [0.1, 0.15) is 0 Å². The van der Waals surface area contributed by atoms with Crippen LogP contribution in [-0.2, 0) is 11.2 Å². The van der Waals surface area contributed by atoms with Gasteiger partial charge in [-0.15, -0.1) is 11.3 Å². The first kappa shape index (κ1) is 14.6. The summed E-state index contributed by atoms with van der Waals surface area (Å²) in [7, 11) is 1.59. The van der Waals surface area contributed by atoms with Crippen molar-refractivity contribution in [2.45, 2.75) is 39.3 Å². The van der Waals surface area contributed by atoms with Crippen LogP contribution in [-0.4, -0.2) is 36.5 Å². The Morgan fingerprint density at radius 1 is 1.53 bits per heavy atom. The van der Waals surface area contributed by atoms with Gasteiger partial charge in [-0.05, 0) is 20.3 Å². The molecule has 1 aromatic rings. The van der Waals surface area contributed by atoms with Crippen LogP contribution >= 0.6 is 11.3 Å². The summed E-state index contributed by atoms with van der Waals surface area (Å²) in [6.07, 6.45) is 0.520. The first-order chi connectivity index (χ1) is 8.08. The van der Waals surface area contributed by atoms with Crippen molar-refractivity contribution in [1.82, 2.24) is 10.3 Å². The van der Waals surface area contributed by atoms with E-state index in [-0.39, 0.29) is 6.04 Å². The minimum Gasteiger partial charge on any atom is -0.389 e. The van der Waals surface area contributed by atoms with Gasteiger partial charge in [0.15, 0.2) is 0 Å². The molecule has 2 atom stereocenters. The number of aromatic nitrogens is 1. The molecule has 0 bridgehead atoms. The molecule has 2 unspecified atom stereocenters. The number of hydrogen-bond donors (Lipinski definition) is 2. The van der Waals surface area contributed by atoms with Gasteiger partial charge >= 0.3 is 0 Å². The number of rotatable bonds is 7. The fourth-order valence-electron chi connectivity index (χ4n) is 1.68. The molecule has 0 aromatic carbocycles. The molecule has 2 N–H and O–H groups in total. The molecule has 0 aliphatic rings. The summed E-state index contributed by atoms with van der Waals surface area (Å²) in [5.41, 5.74) is 1.09. The van der Waals surface area contributed by atoms with Gasteiger partial charge in [0.05, 0.1) is 23.4 Å². The maximum Gasteiger partial charge on any atom is 0.0928 e. The minimum absolute atomic E-state index is 0.222. The van der Waals surface area contributed by atoms with Crippen LogP contribution in [0.25, 0.3) is 0 Å². The smallest absolute Gasteiger partial charge is 0.0928 e. The highest BCUT2D eigenvalue weighted by Crippen LogP contribution is 2.25. The molecule has 0 fully saturated rings. The molecular formula is C12H22N2O2S. The van der Waals surface area contributed by atoms with Gasteiger partial charge in [-0.2, -0.15) is 0 Å². The van der Waals surface area contributed by atoms with Crippen molar-refractivity contribution in [1.29, 1.82) is 0 Å². The Morgan fingerprint density at radius 3 is 2.76 bits per heavy atom. The topological polar surface area (TPSA) is 54.4 Å². The molecule has 5 heteroatoms. The monoisotopic (exact) mass is 258 g/mol. The van der Waals surface area contributed by atoms with Gasteiger partial charge in [-0.3, -0.25) is 0 Å². The Hall–Kier alpha value is -0.490. The number of aliphatic hydroxyl groups excluding tert-OH is 1. The summed E-state index contributed by atoms with van der Waals surface area (Å²) >= 11 is 1.75. The fourth-order valence-corrected chi connectivity index (χ4v) is 2.71. The van der Waals surface area contributed by atoms with Gasteiger partial charge < -0.3 is 15.2 Å². The zero-order chi connectivity index (χ0) is 12.8. The lowest BCUT2D eigenvalue weighted by atomic mass is 10.2. The third-order valence-corrected chi connectivity index (χ3v) is 4.08. The number of aryl methyl sites for hydroxylation is 2. The van der Waals surface area contributed by atoms with Crippen LogP contribution in [0, 0.1) is 6.92 Å². The first-order valence-electron chi connectivity index (χ1n) is 5.95. The zero-order valence-corrected chi connectivity index (χ0v) is 11.8. The number of hydrogen-bond acceptors (Lipinski definition) is 5. The molecule has 0 spiro atoms. The van der Waals surface area contributed by atoms with Crippen LogP contribution in [0.5, 0.6) is 0 Å². The molecule has 4 nitrogen and oxygen atoms in total. The quantitative estimate of drug-likeness (QED) is 0.781. The van der Waals surface area contributed by atoms with Gasteiger partial charge in [0.2, 0.25) is 0 Å². The molecule has 0 amide bonds. The van der Waals surface area contributed by atoms with E-state index < -0.39 is 6.10 Å². The van der Waals surface area contributed by atoms with E-state index >= 15 is 0 Å². The van der Waals surface area contributed by atoms with Gasteiger partial charge in [-0.25, -0.2) is 4.98 Å². The molecule has 1 aromatic heterocycles. The molecule has 17 heavy (non-hydrogen) atoms. The van der Waals surface area contributed by atoms with E-state index in [4.69, 9.17) is 4.74 Å². The van der Waals surface area contributed by atoms with Crippen molar-refractivity contribution < 1.29 is 9.84 Å².